The van der Waals surface area contributed by atoms with Gasteiger partial charge in [0.05, 0.1) is 18.8 Å². The van der Waals surface area contributed by atoms with Crippen LogP contribution in [0.4, 0.5) is 0 Å². The van der Waals surface area contributed by atoms with E-state index in [-0.39, 0.29) is 18.6 Å². The molecule has 3 rings (SSSR count). The van der Waals surface area contributed by atoms with E-state index in [0.29, 0.717) is 5.92 Å². The van der Waals surface area contributed by atoms with Gasteiger partial charge in [-0.2, -0.15) is 0 Å². The third-order valence-corrected chi connectivity index (χ3v) is 6.14. The molecule has 5 heteroatoms. The lowest BCUT2D eigenvalue weighted by Crippen LogP contribution is -2.60. The maximum Gasteiger partial charge on any atom is 0.217 e. The minimum atomic E-state index is -0.938. The number of amides is 1. The fraction of sp³-hybridized carbons (Fsp3) is 0.944. The smallest absolute Gasteiger partial charge is 0.217 e. The van der Waals surface area contributed by atoms with Gasteiger partial charge in [0, 0.05) is 6.92 Å². The normalized spacial score (nSPS) is 42.0. The van der Waals surface area contributed by atoms with Crippen molar-refractivity contribution < 1.29 is 19.7 Å². The van der Waals surface area contributed by atoms with Crippen LogP contribution in [0.15, 0.2) is 0 Å². The van der Waals surface area contributed by atoms with Crippen molar-refractivity contribution in [2.45, 2.75) is 82.6 Å². The van der Waals surface area contributed by atoms with E-state index in [1.165, 1.54) is 45.4 Å². The summed E-state index contributed by atoms with van der Waals surface area (Å²) in [5.41, 5.74) is 0. The Kier molecular flexibility index (Phi) is 5.60. The second kappa shape index (κ2) is 7.49. The summed E-state index contributed by atoms with van der Waals surface area (Å²) in [5.74, 6) is 1.79. The van der Waals surface area contributed by atoms with Crippen molar-refractivity contribution in [3.63, 3.8) is 0 Å². The molecule has 0 aromatic carbocycles. The molecule has 0 radical (unpaired) electrons. The molecule has 0 aromatic rings. The third kappa shape index (κ3) is 4.06. The molecular weight excluding hydrogens is 294 g/mol. The van der Waals surface area contributed by atoms with Crippen LogP contribution in [0.5, 0.6) is 0 Å². The quantitative estimate of drug-likeness (QED) is 0.734. The lowest BCUT2D eigenvalue weighted by molar-refractivity contribution is -0.169. The van der Waals surface area contributed by atoms with Gasteiger partial charge in [-0.1, -0.05) is 32.1 Å². The van der Waals surface area contributed by atoms with Crippen molar-refractivity contribution in [1.29, 1.82) is 0 Å². The number of rotatable bonds is 4. The molecule has 1 aliphatic heterocycles. The first-order valence-electron chi connectivity index (χ1n) is 9.29. The maximum atomic E-state index is 11.2. The minimum absolute atomic E-state index is 0.208. The Morgan fingerprint density at radius 2 is 1.83 bits per heavy atom. The number of carbonyl (C=O) groups is 1. The van der Waals surface area contributed by atoms with Gasteiger partial charge in [-0.3, -0.25) is 4.79 Å². The molecule has 0 aromatic heterocycles. The third-order valence-electron chi connectivity index (χ3n) is 6.14. The number of ether oxygens (including phenoxy) is 1. The Hall–Kier alpha value is -0.650. The van der Waals surface area contributed by atoms with E-state index in [2.05, 4.69) is 5.32 Å². The van der Waals surface area contributed by atoms with E-state index in [1.807, 2.05) is 0 Å². The molecule has 1 heterocycles. The minimum Gasteiger partial charge on any atom is -0.388 e. The van der Waals surface area contributed by atoms with E-state index in [1.54, 1.807) is 0 Å². The number of aliphatic hydroxyl groups is 2. The Morgan fingerprint density at radius 3 is 2.52 bits per heavy atom. The van der Waals surface area contributed by atoms with Gasteiger partial charge >= 0.3 is 0 Å². The van der Waals surface area contributed by atoms with Crippen LogP contribution in [0.25, 0.3) is 0 Å². The SMILES string of the molecule is CC(=O)N[C@H]1CO[C@H](C2CCC(CC3CCCC3)C2)[C@H](O)[C@@H]1O. The van der Waals surface area contributed by atoms with Crippen molar-refractivity contribution >= 4 is 5.91 Å². The molecule has 0 bridgehead atoms. The molecule has 3 N–H and O–H groups in total. The van der Waals surface area contributed by atoms with Crippen molar-refractivity contribution in [3.05, 3.63) is 0 Å². The summed E-state index contributed by atoms with van der Waals surface area (Å²) in [7, 11) is 0. The number of hydrogen-bond donors (Lipinski definition) is 3. The Bertz CT molecular complexity index is 410. The van der Waals surface area contributed by atoms with Crippen LogP contribution < -0.4 is 5.32 Å². The molecule has 6 atom stereocenters. The van der Waals surface area contributed by atoms with Crippen molar-refractivity contribution in [1.82, 2.24) is 5.32 Å². The highest BCUT2D eigenvalue weighted by atomic mass is 16.5. The number of aliphatic hydroxyl groups excluding tert-OH is 2. The van der Waals surface area contributed by atoms with Gasteiger partial charge in [-0.05, 0) is 37.0 Å². The average Bonchev–Trinajstić information content (AvgIpc) is 3.16. The van der Waals surface area contributed by atoms with Crippen LogP contribution in [0.1, 0.15) is 58.3 Å². The second-order valence-corrected chi connectivity index (χ2v) is 7.91. The Morgan fingerprint density at radius 1 is 1.09 bits per heavy atom. The van der Waals surface area contributed by atoms with E-state index < -0.39 is 18.2 Å². The fourth-order valence-electron chi connectivity index (χ4n) is 4.99. The maximum absolute atomic E-state index is 11.2. The summed E-state index contributed by atoms with van der Waals surface area (Å²) in [4.78, 5) is 11.2. The number of hydrogen-bond acceptors (Lipinski definition) is 4. The topological polar surface area (TPSA) is 78.8 Å². The highest BCUT2D eigenvalue weighted by Gasteiger charge is 2.44. The van der Waals surface area contributed by atoms with Crippen LogP contribution in [0, 0.1) is 17.8 Å². The number of nitrogens with one attached hydrogen (secondary N) is 1. The van der Waals surface area contributed by atoms with E-state index >= 15 is 0 Å². The second-order valence-electron chi connectivity index (χ2n) is 7.91. The summed E-state index contributed by atoms with van der Waals surface area (Å²) in [6.07, 6.45) is 8.17. The molecule has 3 aliphatic rings. The summed E-state index contributed by atoms with van der Waals surface area (Å²) in [6, 6.07) is -0.505. The standard InChI is InChI=1S/C18H31NO4/c1-11(20)19-15-10-23-18(17(22)16(15)21)14-7-6-13(9-14)8-12-4-2-3-5-12/h12-18,21-22H,2-10H2,1H3,(H,19,20)/t13?,14?,15-,16+,17+,18+/m0/s1. The lowest BCUT2D eigenvalue weighted by atomic mass is 9.86. The Balaban J connectivity index is 1.50. The summed E-state index contributed by atoms with van der Waals surface area (Å²) in [5, 5.41) is 23.3. The zero-order valence-electron chi connectivity index (χ0n) is 14.1. The first-order valence-corrected chi connectivity index (χ1v) is 9.29. The van der Waals surface area contributed by atoms with Gasteiger partial charge in [-0.25, -0.2) is 0 Å². The molecule has 1 amide bonds. The average molecular weight is 325 g/mol. The molecule has 23 heavy (non-hydrogen) atoms. The van der Waals surface area contributed by atoms with Crippen LogP contribution in [-0.4, -0.2) is 47.1 Å². The van der Waals surface area contributed by atoms with Crippen LogP contribution in [-0.2, 0) is 9.53 Å². The predicted octanol–water partition coefficient (Wildman–Crippen LogP) is 1.61. The molecule has 3 fully saturated rings. The van der Waals surface area contributed by atoms with Crippen molar-refractivity contribution in [2.75, 3.05) is 6.61 Å². The first-order chi connectivity index (χ1) is 11.0. The predicted molar refractivity (Wildman–Crippen MR) is 86.8 cm³/mol. The molecule has 1 saturated heterocycles. The highest BCUT2D eigenvalue weighted by Crippen LogP contribution is 2.42. The molecule has 2 saturated carbocycles. The molecule has 132 valence electrons. The van der Waals surface area contributed by atoms with Crippen molar-refractivity contribution in [2.24, 2.45) is 17.8 Å². The lowest BCUT2D eigenvalue weighted by Gasteiger charge is -2.40. The van der Waals surface area contributed by atoms with Gasteiger partial charge < -0.3 is 20.3 Å². The summed E-state index contributed by atoms with van der Waals surface area (Å²) >= 11 is 0. The van der Waals surface area contributed by atoms with Crippen molar-refractivity contribution in [3.8, 4) is 0 Å². The molecular formula is C18H31NO4. The van der Waals surface area contributed by atoms with Gasteiger partial charge in [-0.15, -0.1) is 0 Å². The molecule has 0 spiro atoms. The fourth-order valence-corrected chi connectivity index (χ4v) is 4.99. The van der Waals surface area contributed by atoms with E-state index in [9.17, 15) is 15.0 Å². The zero-order valence-corrected chi connectivity index (χ0v) is 14.1. The summed E-state index contributed by atoms with van der Waals surface area (Å²) in [6.45, 7) is 1.70. The first kappa shape index (κ1) is 17.2. The summed E-state index contributed by atoms with van der Waals surface area (Å²) < 4.78 is 5.85. The highest BCUT2D eigenvalue weighted by molar-refractivity contribution is 5.73. The van der Waals surface area contributed by atoms with Gasteiger partial charge in [0.1, 0.15) is 12.2 Å². The van der Waals surface area contributed by atoms with Gasteiger partial charge in [0.2, 0.25) is 5.91 Å². The molecule has 2 aliphatic carbocycles. The van der Waals surface area contributed by atoms with Crippen LogP contribution in [0.2, 0.25) is 0 Å². The van der Waals surface area contributed by atoms with E-state index in [0.717, 1.165) is 24.7 Å². The van der Waals surface area contributed by atoms with Crippen LogP contribution in [0.3, 0.4) is 0 Å². The Labute approximate surface area is 138 Å². The zero-order chi connectivity index (χ0) is 16.4. The molecule has 5 nitrogen and oxygen atoms in total. The van der Waals surface area contributed by atoms with Gasteiger partial charge in [0.25, 0.3) is 0 Å². The van der Waals surface area contributed by atoms with E-state index in [4.69, 9.17) is 4.74 Å². The number of carbonyl (C=O) groups excluding carboxylic acids is 1. The largest absolute Gasteiger partial charge is 0.388 e. The monoisotopic (exact) mass is 325 g/mol. The van der Waals surface area contributed by atoms with Gasteiger partial charge in [0.15, 0.2) is 0 Å². The van der Waals surface area contributed by atoms with Crippen LogP contribution >= 0.6 is 0 Å². The molecule has 2 unspecified atom stereocenters.